The fraction of sp³-hybridized carbons (Fsp3) is 0.400. The van der Waals surface area contributed by atoms with E-state index >= 15 is 0 Å². The van der Waals surface area contributed by atoms with Crippen molar-refractivity contribution in [3.05, 3.63) is 53.2 Å². The molecule has 0 aliphatic heterocycles. The van der Waals surface area contributed by atoms with E-state index in [0.29, 0.717) is 17.5 Å². The minimum Gasteiger partial charge on any atom is -0.469 e. The van der Waals surface area contributed by atoms with Gasteiger partial charge in [-0.3, -0.25) is 0 Å². The van der Waals surface area contributed by atoms with Gasteiger partial charge in [-0.25, -0.2) is 4.98 Å². The summed E-state index contributed by atoms with van der Waals surface area (Å²) in [4.78, 5) is 4.37. The fourth-order valence-corrected chi connectivity index (χ4v) is 3.00. The summed E-state index contributed by atoms with van der Waals surface area (Å²) in [5.41, 5.74) is 3.33. The molecule has 1 heterocycles. The quantitative estimate of drug-likeness (QED) is 0.840. The van der Waals surface area contributed by atoms with Crippen molar-refractivity contribution < 1.29 is 9.84 Å². The van der Waals surface area contributed by atoms with Crippen molar-refractivity contribution in [2.75, 3.05) is 5.32 Å². The normalized spacial score (nSPS) is 20.2. The Labute approximate surface area is 148 Å². The van der Waals surface area contributed by atoms with Gasteiger partial charge >= 0.3 is 0 Å². The number of benzene rings is 1. The molecule has 0 spiro atoms. The van der Waals surface area contributed by atoms with Gasteiger partial charge in [0.1, 0.15) is 17.7 Å². The summed E-state index contributed by atoms with van der Waals surface area (Å²) >= 11 is 0. The van der Waals surface area contributed by atoms with Gasteiger partial charge in [0.05, 0.1) is 6.10 Å². The zero-order valence-corrected chi connectivity index (χ0v) is 14.6. The van der Waals surface area contributed by atoms with E-state index in [2.05, 4.69) is 29.4 Å². The number of aryl methyl sites for hydroxylation is 1. The number of aliphatic hydroxyl groups excluding tert-OH is 1. The lowest BCUT2D eigenvalue weighted by Gasteiger charge is -2.33. The van der Waals surface area contributed by atoms with Gasteiger partial charge in [-0.1, -0.05) is 19.1 Å². The number of nitriles is 1. The molecular formula is C20H23N3O2. The van der Waals surface area contributed by atoms with Gasteiger partial charge in [0, 0.05) is 17.4 Å². The highest BCUT2D eigenvalue weighted by Crippen LogP contribution is 2.29. The molecule has 25 heavy (non-hydrogen) atoms. The Hall–Kier alpha value is -2.58. The number of nitrogens with one attached hydrogen (secondary N) is 1. The zero-order chi connectivity index (χ0) is 17.8. The lowest BCUT2D eigenvalue weighted by Crippen LogP contribution is -2.38. The lowest BCUT2D eigenvalue weighted by molar-refractivity contribution is 0.0836. The predicted octanol–water partition coefficient (Wildman–Crippen LogP) is 3.73. The van der Waals surface area contributed by atoms with Gasteiger partial charge in [0.15, 0.2) is 0 Å². The summed E-state index contributed by atoms with van der Waals surface area (Å²) in [6.45, 7) is 3.93. The Morgan fingerprint density at radius 1 is 1.36 bits per heavy atom. The number of pyridine rings is 1. The molecule has 1 aromatic heterocycles. The molecule has 3 rings (SSSR count). The third-order valence-corrected chi connectivity index (χ3v) is 4.49. The minimum atomic E-state index is -0.177. The van der Waals surface area contributed by atoms with Crippen LogP contribution in [-0.4, -0.2) is 22.2 Å². The topological polar surface area (TPSA) is 78.2 Å². The van der Waals surface area contributed by atoms with Crippen molar-refractivity contribution in [1.29, 1.82) is 5.26 Å². The van der Waals surface area contributed by atoms with Crippen molar-refractivity contribution in [1.82, 2.24) is 4.98 Å². The summed E-state index contributed by atoms with van der Waals surface area (Å²) in [6, 6.07) is 14.1. The van der Waals surface area contributed by atoms with Gasteiger partial charge in [-0.2, -0.15) is 5.26 Å². The van der Waals surface area contributed by atoms with Crippen molar-refractivity contribution in [2.24, 2.45) is 0 Å². The first kappa shape index (κ1) is 17.2. The van der Waals surface area contributed by atoms with E-state index < -0.39 is 0 Å². The maximum atomic E-state index is 9.42. The number of hydrogen-bond donors (Lipinski definition) is 2. The van der Waals surface area contributed by atoms with E-state index in [-0.39, 0.29) is 12.2 Å². The standard InChI is InChI=1S/C20H23N3O2/c1-3-19(25-20-15(12-21)8-7-13(2)22-20)14-5-4-6-16(9-14)23-17-10-18(24)11-17/h4-9,17-19,23-24H,3,10-11H2,1-2H3/t17?,18?,19-/m1/s1. The van der Waals surface area contributed by atoms with Gasteiger partial charge in [-0.05, 0) is 56.0 Å². The second-order valence-corrected chi connectivity index (χ2v) is 6.52. The van der Waals surface area contributed by atoms with Gasteiger partial charge in [0.25, 0.3) is 0 Å². The molecule has 0 saturated heterocycles. The molecule has 1 aliphatic rings. The smallest absolute Gasteiger partial charge is 0.232 e. The number of rotatable bonds is 6. The molecule has 2 aromatic rings. The molecule has 5 nitrogen and oxygen atoms in total. The first-order chi connectivity index (χ1) is 12.1. The monoisotopic (exact) mass is 337 g/mol. The molecule has 1 atom stereocenters. The van der Waals surface area contributed by atoms with Crippen molar-refractivity contribution >= 4 is 5.69 Å². The third kappa shape index (κ3) is 4.09. The van der Waals surface area contributed by atoms with E-state index in [1.54, 1.807) is 6.07 Å². The average Bonchev–Trinajstić information content (AvgIpc) is 2.59. The maximum Gasteiger partial charge on any atom is 0.232 e. The molecule has 1 saturated carbocycles. The molecule has 1 aliphatic carbocycles. The van der Waals surface area contributed by atoms with Crippen LogP contribution in [0.1, 0.15) is 49.1 Å². The molecule has 2 N–H and O–H groups in total. The number of ether oxygens (including phenoxy) is 1. The summed E-state index contributed by atoms with van der Waals surface area (Å²) in [6.07, 6.45) is 2.00. The van der Waals surface area contributed by atoms with Crippen molar-refractivity contribution in [2.45, 2.75) is 51.4 Å². The summed E-state index contributed by atoms with van der Waals surface area (Å²) in [7, 11) is 0. The summed E-state index contributed by atoms with van der Waals surface area (Å²) in [5.74, 6) is 0.384. The number of hydrogen-bond acceptors (Lipinski definition) is 5. The van der Waals surface area contributed by atoms with Crippen LogP contribution in [0.4, 0.5) is 5.69 Å². The molecular weight excluding hydrogens is 314 g/mol. The van der Waals surface area contributed by atoms with E-state index in [9.17, 15) is 10.4 Å². The van der Waals surface area contributed by atoms with Crippen LogP contribution in [-0.2, 0) is 0 Å². The number of aromatic nitrogens is 1. The molecule has 5 heteroatoms. The Kier molecular flexibility index (Phi) is 5.20. The van der Waals surface area contributed by atoms with Gasteiger partial charge in [0.2, 0.25) is 5.88 Å². The molecule has 1 fully saturated rings. The molecule has 0 unspecified atom stereocenters. The molecule has 0 amide bonds. The average molecular weight is 337 g/mol. The number of aliphatic hydroxyl groups is 1. The molecule has 1 aromatic carbocycles. The van der Waals surface area contributed by atoms with E-state index in [4.69, 9.17) is 4.74 Å². The number of anilines is 1. The lowest BCUT2D eigenvalue weighted by atomic mass is 9.89. The van der Waals surface area contributed by atoms with E-state index in [1.807, 2.05) is 31.2 Å². The van der Waals surface area contributed by atoms with Crippen LogP contribution >= 0.6 is 0 Å². The number of nitrogens with zero attached hydrogens (tertiary/aromatic N) is 2. The van der Waals surface area contributed by atoms with Crippen molar-refractivity contribution in [3.63, 3.8) is 0 Å². The highest BCUT2D eigenvalue weighted by atomic mass is 16.5. The van der Waals surface area contributed by atoms with Gasteiger partial charge in [-0.15, -0.1) is 0 Å². The Morgan fingerprint density at radius 3 is 2.84 bits per heavy atom. The highest BCUT2D eigenvalue weighted by molar-refractivity contribution is 5.48. The first-order valence-corrected chi connectivity index (χ1v) is 8.68. The minimum absolute atomic E-state index is 0.171. The van der Waals surface area contributed by atoms with Crippen LogP contribution in [0.3, 0.4) is 0 Å². The van der Waals surface area contributed by atoms with E-state index in [0.717, 1.165) is 36.2 Å². The predicted molar refractivity (Wildman–Crippen MR) is 96.4 cm³/mol. The van der Waals surface area contributed by atoms with Crippen LogP contribution in [0.5, 0.6) is 5.88 Å². The first-order valence-electron chi connectivity index (χ1n) is 8.68. The maximum absolute atomic E-state index is 9.42. The Balaban J connectivity index is 1.77. The van der Waals surface area contributed by atoms with Crippen LogP contribution < -0.4 is 10.1 Å². The summed E-state index contributed by atoms with van der Waals surface area (Å²) in [5, 5.41) is 22.1. The second-order valence-electron chi connectivity index (χ2n) is 6.52. The fourth-order valence-electron chi connectivity index (χ4n) is 3.00. The highest BCUT2D eigenvalue weighted by Gasteiger charge is 2.27. The van der Waals surface area contributed by atoms with Crippen LogP contribution in [0.2, 0.25) is 0 Å². The SMILES string of the molecule is CC[C@@H](Oc1nc(C)ccc1C#N)c1cccc(NC2CC(O)C2)c1. The largest absolute Gasteiger partial charge is 0.469 e. The molecule has 0 radical (unpaired) electrons. The van der Waals surface area contributed by atoms with Crippen LogP contribution in [0.25, 0.3) is 0 Å². The summed E-state index contributed by atoms with van der Waals surface area (Å²) < 4.78 is 6.07. The van der Waals surface area contributed by atoms with Crippen molar-refractivity contribution in [3.8, 4) is 11.9 Å². The van der Waals surface area contributed by atoms with Gasteiger partial charge < -0.3 is 15.2 Å². The van der Waals surface area contributed by atoms with Crippen LogP contribution in [0, 0.1) is 18.3 Å². The second kappa shape index (κ2) is 7.54. The molecule has 130 valence electrons. The Bertz CT molecular complexity index is 779. The zero-order valence-electron chi connectivity index (χ0n) is 14.6. The van der Waals surface area contributed by atoms with Crippen LogP contribution in [0.15, 0.2) is 36.4 Å². The molecule has 0 bridgehead atoms. The van der Waals surface area contributed by atoms with E-state index in [1.165, 1.54) is 0 Å². The third-order valence-electron chi connectivity index (χ3n) is 4.49. The Morgan fingerprint density at radius 2 is 2.16 bits per heavy atom.